The van der Waals surface area contributed by atoms with Gasteiger partial charge in [0.2, 0.25) is 0 Å². The molecule has 0 bridgehead atoms. The van der Waals surface area contributed by atoms with E-state index in [-0.39, 0.29) is 21.3 Å². The first-order chi connectivity index (χ1) is 9.24. The molecule has 2 nitrogen and oxygen atoms in total. The van der Waals surface area contributed by atoms with Gasteiger partial charge >= 0.3 is 0 Å². The second-order valence-electron chi connectivity index (χ2n) is 4.95. The molecule has 1 aromatic heterocycles. The van der Waals surface area contributed by atoms with E-state index in [0.29, 0.717) is 6.61 Å². The molecular formula is C14H11ClO2S2. The van der Waals surface area contributed by atoms with E-state index in [2.05, 4.69) is 6.07 Å². The topological polar surface area (TPSA) is 26.3 Å². The number of alkyl halides is 1. The number of hydrogen-bond acceptors (Lipinski definition) is 4. The van der Waals surface area contributed by atoms with E-state index < -0.39 is 0 Å². The minimum Gasteiger partial charge on any atom is -0.493 e. The zero-order valence-corrected chi connectivity index (χ0v) is 12.4. The molecule has 0 amide bonds. The maximum atomic E-state index is 11.7. The Morgan fingerprint density at radius 1 is 1.26 bits per heavy atom. The first-order valence-corrected chi connectivity index (χ1v) is 8.29. The third-order valence-electron chi connectivity index (χ3n) is 3.92. The molecule has 1 aliphatic heterocycles. The highest BCUT2D eigenvalue weighted by Gasteiger charge is 2.42. The van der Waals surface area contributed by atoms with Gasteiger partial charge in [0.1, 0.15) is 5.75 Å². The second-order valence-corrected chi connectivity index (χ2v) is 7.85. The Balaban J connectivity index is 1.95. The van der Waals surface area contributed by atoms with Gasteiger partial charge in [0.05, 0.1) is 6.61 Å². The third kappa shape index (κ3) is 1.77. The summed E-state index contributed by atoms with van der Waals surface area (Å²) in [5, 5.41) is 0.0520. The fourth-order valence-electron chi connectivity index (χ4n) is 3.06. The summed E-state index contributed by atoms with van der Waals surface area (Å²) in [5.74, 6) is 1.45. The normalized spacial score (nSPS) is 27.9. The van der Waals surface area contributed by atoms with Crippen LogP contribution in [0.5, 0.6) is 5.75 Å². The first kappa shape index (κ1) is 11.9. The smallest absolute Gasteiger partial charge is 0.287 e. The average Bonchev–Trinajstić information content (AvgIpc) is 2.78. The quantitative estimate of drug-likeness (QED) is 0.696. The molecule has 3 atom stereocenters. The van der Waals surface area contributed by atoms with Crippen molar-refractivity contribution < 1.29 is 4.74 Å². The SMILES string of the molecule is O=c1sc2c(s1)C1c3ccccc3OC[C@@H]1[C@@H](Cl)C2. The molecule has 5 heteroatoms. The molecule has 2 heterocycles. The molecule has 19 heavy (non-hydrogen) atoms. The molecule has 0 saturated heterocycles. The van der Waals surface area contributed by atoms with Gasteiger partial charge in [0.25, 0.3) is 4.06 Å². The van der Waals surface area contributed by atoms with Crippen LogP contribution in [0.2, 0.25) is 0 Å². The summed E-state index contributed by atoms with van der Waals surface area (Å²) in [5.41, 5.74) is 1.18. The first-order valence-electron chi connectivity index (χ1n) is 6.22. The molecule has 0 spiro atoms. The Kier molecular flexibility index (Phi) is 2.72. The predicted molar refractivity (Wildman–Crippen MR) is 79.1 cm³/mol. The molecule has 1 unspecified atom stereocenters. The van der Waals surface area contributed by atoms with Crippen molar-refractivity contribution in [3.63, 3.8) is 0 Å². The fourth-order valence-corrected chi connectivity index (χ4v) is 6.01. The maximum absolute atomic E-state index is 11.7. The van der Waals surface area contributed by atoms with Crippen molar-refractivity contribution in [1.29, 1.82) is 0 Å². The summed E-state index contributed by atoms with van der Waals surface area (Å²) >= 11 is 9.28. The number of rotatable bonds is 0. The fraction of sp³-hybridized carbons (Fsp3) is 0.357. The zero-order valence-electron chi connectivity index (χ0n) is 9.97. The zero-order chi connectivity index (χ0) is 13.0. The van der Waals surface area contributed by atoms with Crippen molar-refractivity contribution in [2.45, 2.75) is 17.7 Å². The van der Waals surface area contributed by atoms with E-state index in [1.54, 1.807) is 0 Å². The van der Waals surface area contributed by atoms with Crippen molar-refractivity contribution in [2.75, 3.05) is 6.61 Å². The number of benzene rings is 1. The van der Waals surface area contributed by atoms with Crippen LogP contribution in [0, 0.1) is 5.92 Å². The molecule has 1 aliphatic carbocycles. The van der Waals surface area contributed by atoms with Gasteiger partial charge in [-0.3, -0.25) is 4.79 Å². The summed E-state index contributed by atoms with van der Waals surface area (Å²) in [4.78, 5) is 14.1. The molecule has 0 radical (unpaired) electrons. The highest BCUT2D eigenvalue weighted by molar-refractivity contribution is 7.27. The molecule has 0 fully saturated rings. The highest BCUT2D eigenvalue weighted by atomic mass is 35.5. The van der Waals surface area contributed by atoms with Gasteiger partial charge in [-0.1, -0.05) is 40.9 Å². The summed E-state index contributed by atoms with van der Waals surface area (Å²) in [6.07, 6.45) is 0.799. The Morgan fingerprint density at radius 3 is 3.00 bits per heavy atom. The van der Waals surface area contributed by atoms with Crippen LogP contribution in [0.15, 0.2) is 29.1 Å². The minimum atomic E-state index is 0.0520. The van der Waals surface area contributed by atoms with Crippen molar-refractivity contribution in [1.82, 2.24) is 0 Å². The lowest BCUT2D eigenvalue weighted by atomic mass is 9.76. The monoisotopic (exact) mass is 310 g/mol. The number of ether oxygens (including phenoxy) is 1. The minimum absolute atomic E-state index is 0.0520. The van der Waals surface area contributed by atoms with E-state index in [9.17, 15) is 4.79 Å². The van der Waals surface area contributed by atoms with Crippen molar-refractivity contribution >= 4 is 34.3 Å². The summed E-state index contributed by atoms with van der Waals surface area (Å²) in [6, 6.07) is 8.10. The molecule has 0 saturated carbocycles. The van der Waals surface area contributed by atoms with Crippen LogP contribution in [0.25, 0.3) is 0 Å². The lowest BCUT2D eigenvalue weighted by Gasteiger charge is -2.39. The molecule has 0 N–H and O–H groups in total. The van der Waals surface area contributed by atoms with Crippen molar-refractivity contribution in [2.24, 2.45) is 5.92 Å². The van der Waals surface area contributed by atoms with Gasteiger partial charge < -0.3 is 4.74 Å². The highest BCUT2D eigenvalue weighted by Crippen LogP contribution is 2.50. The van der Waals surface area contributed by atoms with Gasteiger partial charge in [-0.25, -0.2) is 0 Å². The van der Waals surface area contributed by atoms with Crippen LogP contribution >= 0.6 is 34.3 Å². The van der Waals surface area contributed by atoms with Gasteiger partial charge in [-0.15, -0.1) is 11.6 Å². The molecular weight excluding hydrogens is 300 g/mol. The molecule has 4 rings (SSSR count). The maximum Gasteiger partial charge on any atom is 0.287 e. The molecule has 98 valence electrons. The van der Waals surface area contributed by atoms with Gasteiger partial charge in [-0.05, 0) is 12.5 Å². The molecule has 2 aliphatic rings. The van der Waals surface area contributed by atoms with E-state index >= 15 is 0 Å². The van der Waals surface area contributed by atoms with Crippen molar-refractivity contribution in [3.8, 4) is 5.75 Å². The Labute approximate surface area is 123 Å². The third-order valence-corrected chi connectivity index (χ3v) is 6.71. The van der Waals surface area contributed by atoms with E-state index in [4.69, 9.17) is 16.3 Å². The second kappa shape index (κ2) is 4.33. The summed E-state index contributed by atoms with van der Waals surface area (Å²) in [7, 11) is 0. The van der Waals surface area contributed by atoms with Crippen LogP contribution < -0.4 is 8.79 Å². The standard InChI is InChI=1S/C14H11ClO2S2/c15-9-5-11-13(19-14(16)18-11)12-7-3-1-2-4-10(7)17-6-8(9)12/h1-4,8-9,12H,5-6H2/t8-,9+,12?/m1/s1. The molecule has 2 aromatic rings. The van der Waals surface area contributed by atoms with Crippen LogP contribution in [0.3, 0.4) is 0 Å². The van der Waals surface area contributed by atoms with Gasteiger partial charge in [0, 0.05) is 32.5 Å². The lowest BCUT2D eigenvalue weighted by molar-refractivity contribution is 0.196. The predicted octanol–water partition coefficient (Wildman–Crippen LogP) is 3.47. The Hall–Kier alpha value is -0.840. The lowest BCUT2D eigenvalue weighted by Crippen LogP contribution is -2.37. The van der Waals surface area contributed by atoms with Crippen LogP contribution in [0.1, 0.15) is 21.2 Å². The van der Waals surface area contributed by atoms with Crippen LogP contribution in [-0.2, 0) is 6.42 Å². The van der Waals surface area contributed by atoms with Crippen molar-refractivity contribution in [3.05, 3.63) is 48.4 Å². The Morgan fingerprint density at radius 2 is 2.11 bits per heavy atom. The number of fused-ring (bicyclic) bond motifs is 5. The largest absolute Gasteiger partial charge is 0.493 e. The van der Waals surface area contributed by atoms with Crippen LogP contribution in [-0.4, -0.2) is 12.0 Å². The number of para-hydroxylation sites is 1. The Bertz CT molecular complexity index is 691. The van der Waals surface area contributed by atoms with Gasteiger partial charge in [0.15, 0.2) is 0 Å². The number of halogens is 1. The van der Waals surface area contributed by atoms with Crippen LogP contribution in [0.4, 0.5) is 0 Å². The average molecular weight is 311 g/mol. The van der Waals surface area contributed by atoms with E-state index in [1.165, 1.54) is 38.0 Å². The summed E-state index contributed by atoms with van der Waals surface area (Å²) < 4.78 is 6.01. The van der Waals surface area contributed by atoms with E-state index in [1.807, 2.05) is 18.2 Å². The van der Waals surface area contributed by atoms with E-state index in [0.717, 1.165) is 12.2 Å². The van der Waals surface area contributed by atoms with Gasteiger partial charge in [-0.2, -0.15) is 0 Å². The molecule has 1 aromatic carbocycles. The number of hydrogen-bond donors (Lipinski definition) is 0. The summed E-state index contributed by atoms with van der Waals surface area (Å²) in [6.45, 7) is 0.645.